The van der Waals surface area contributed by atoms with Gasteiger partial charge in [-0.1, -0.05) is 66.8 Å². The molecule has 2 aromatic rings. The number of hydrogen-bond acceptors (Lipinski definition) is 4. The van der Waals surface area contributed by atoms with Gasteiger partial charge in [0, 0.05) is 18.7 Å². The molecule has 8 heteroatoms. The molecule has 1 aliphatic rings. The summed E-state index contributed by atoms with van der Waals surface area (Å²) < 4.78 is 13.6. The number of rotatable bonds is 6. The maximum absolute atomic E-state index is 13.2. The van der Waals surface area contributed by atoms with Gasteiger partial charge in [0.25, 0.3) is 5.91 Å². The number of nitrogens with one attached hydrogen (secondary N) is 1. The van der Waals surface area contributed by atoms with Gasteiger partial charge in [-0.15, -0.1) is 0 Å². The molecule has 0 aromatic heterocycles. The van der Waals surface area contributed by atoms with Gasteiger partial charge in [-0.3, -0.25) is 14.5 Å². The van der Waals surface area contributed by atoms with E-state index in [4.69, 9.17) is 23.8 Å². The average molecular weight is 449 g/mol. The van der Waals surface area contributed by atoms with Crippen LogP contribution in [0.15, 0.2) is 47.4 Å². The van der Waals surface area contributed by atoms with E-state index in [1.807, 2.05) is 24.3 Å². The summed E-state index contributed by atoms with van der Waals surface area (Å²) in [7, 11) is 0. The molecular formula is C21H18ClFN2O2S2. The van der Waals surface area contributed by atoms with Crippen LogP contribution in [0.4, 0.5) is 10.1 Å². The van der Waals surface area contributed by atoms with Crippen molar-refractivity contribution >= 4 is 63.5 Å². The lowest BCUT2D eigenvalue weighted by atomic mass is 10.1. The van der Waals surface area contributed by atoms with E-state index >= 15 is 0 Å². The van der Waals surface area contributed by atoms with Crippen LogP contribution < -0.4 is 5.32 Å². The molecule has 0 aliphatic carbocycles. The van der Waals surface area contributed by atoms with Crippen LogP contribution >= 0.6 is 35.6 Å². The second-order valence-electron chi connectivity index (χ2n) is 6.36. The number of halogens is 2. The predicted molar refractivity (Wildman–Crippen MR) is 120 cm³/mol. The first kappa shape index (κ1) is 21.5. The molecule has 1 aliphatic heterocycles. The van der Waals surface area contributed by atoms with Crippen molar-refractivity contribution in [1.29, 1.82) is 0 Å². The van der Waals surface area contributed by atoms with Crippen molar-refractivity contribution in [1.82, 2.24) is 4.90 Å². The minimum atomic E-state index is -0.557. The Bertz CT molecular complexity index is 993. The molecule has 150 valence electrons. The lowest BCUT2D eigenvalue weighted by molar-refractivity contribution is -0.122. The summed E-state index contributed by atoms with van der Waals surface area (Å²) in [6.45, 7) is 2.25. The van der Waals surface area contributed by atoms with Gasteiger partial charge in [-0.05, 0) is 41.8 Å². The van der Waals surface area contributed by atoms with Gasteiger partial charge in [-0.25, -0.2) is 4.39 Å². The Morgan fingerprint density at radius 1 is 1.28 bits per heavy atom. The zero-order chi connectivity index (χ0) is 21.0. The maximum atomic E-state index is 13.2. The number of benzene rings is 2. The molecule has 2 aromatic carbocycles. The van der Waals surface area contributed by atoms with Crippen LogP contribution in [0.25, 0.3) is 6.08 Å². The van der Waals surface area contributed by atoms with E-state index < -0.39 is 5.82 Å². The first-order valence-electron chi connectivity index (χ1n) is 8.96. The molecule has 3 rings (SSSR count). The third-order valence-electron chi connectivity index (χ3n) is 4.33. The number of hydrogen-bond donors (Lipinski definition) is 1. The SMILES string of the molecule is CCc1ccc(C=C2SC(=S)N(CCC(=O)Nc3ccc(F)c(Cl)c3)C2=O)cc1. The average Bonchev–Trinajstić information content (AvgIpc) is 2.96. The summed E-state index contributed by atoms with van der Waals surface area (Å²) in [4.78, 5) is 26.8. The van der Waals surface area contributed by atoms with Crippen molar-refractivity contribution in [2.24, 2.45) is 0 Å². The number of aryl methyl sites for hydroxylation is 1. The quantitative estimate of drug-likeness (QED) is 0.483. The molecule has 1 saturated heterocycles. The Kier molecular flexibility index (Phi) is 7.05. The molecule has 1 N–H and O–H groups in total. The number of amides is 2. The fraction of sp³-hybridized carbons (Fsp3) is 0.190. The number of carbonyl (C=O) groups is 2. The van der Waals surface area contributed by atoms with E-state index in [9.17, 15) is 14.0 Å². The summed E-state index contributed by atoms with van der Waals surface area (Å²) in [5, 5.41) is 2.56. The third kappa shape index (κ3) is 5.44. The Labute approximate surface area is 183 Å². The molecule has 0 spiro atoms. The zero-order valence-electron chi connectivity index (χ0n) is 15.6. The topological polar surface area (TPSA) is 49.4 Å². The highest BCUT2D eigenvalue weighted by molar-refractivity contribution is 8.26. The smallest absolute Gasteiger partial charge is 0.266 e. The Morgan fingerprint density at radius 3 is 2.66 bits per heavy atom. The van der Waals surface area contributed by atoms with Crippen LogP contribution in [0.3, 0.4) is 0 Å². The number of thioether (sulfide) groups is 1. The van der Waals surface area contributed by atoms with Crippen LogP contribution in [-0.2, 0) is 16.0 Å². The van der Waals surface area contributed by atoms with Crippen molar-refractivity contribution in [3.63, 3.8) is 0 Å². The molecule has 29 heavy (non-hydrogen) atoms. The molecule has 2 amide bonds. The largest absolute Gasteiger partial charge is 0.326 e. The van der Waals surface area contributed by atoms with E-state index in [0.29, 0.717) is 14.9 Å². The summed E-state index contributed by atoms with van der Waals surface area (Å²) >= 11 is 12.2. The third-order valence-corrected chi connectivity index (χ3v) is 5.99. The molecule has 0 atom stereocenters. The van der Waals surface area contributed by atoms with Crippen LogP contribution in [0, 0.1) is 5.82 Å². The van der Waals surface area contributed by atoms with Crippen molar-refractivity contribution < 1.29 is 14.0 Å². The summed E-state index contributed by atoms with van der Waals surface area (Å²) in [6, 6.07) is 11.9. The molecular weight excluding hydrogens is 431 g/mol. The fourth-order valence-electron chi connectivity index (χ4n) is 2.70. The van der Waals surface area contributed by atoms with Gasteiger partial charge in [0.05, 0.1) is 9.93 Å². The lowest BCUT2D eigenvalue weighted by Crippen LogP contribution is -2.31. The van der Waals surface area contributed by atoms with Crippen molar-refractivity contribution in [2.45, 2.75) is 19.8 Å². The van der Waals surface area contributed by atoms with E-state index in [0.717, 1.165) is 12.0 Å². The molecule has 0 unspecified atom stereocenters. The number of anilines is 1. The van der Waals surface area contributed by atoms with Gasteiger partial charge in [0.15, 0.2) is 0 Å². The minimum Gasteiger partial charge on any atom is -0.326 e. The highest BCUT2D eigenvalue weighted by Gasteiger charge is 2.32. The second kappa shape index (κ2) is 9.52. The molecule has 1 heterocycles. The van der Waals surface area contributed by atoms with E-state index in [1.54, 1.807) is 6.08 Å². The van der Waals surface area contributed by atoms with Crippen molar-refractivity contribution in [3.05, 3.63) is 69.3 Å². The Morgan fingerprint density at radius 2 is 2.00 bits per heavy atom. The predicted octanol–water partition coefficient (Wildman–Crippen LogP) is 5.27. The van der Waals surface area contributed by atoms with Gasteiger partial charge < -0.3 is 5.32 Å². The fourth-order valence-corrected chi connectivity index (χ4v) is 4.19. The summed E-state index contributed by atoms with van der Waals surface area (Å²) in [5.74, 6) is -1.09. The summed E-state index contributed by atoms with van der Waals surface area (Å²) in [5.41, 5.74) is 2.54. The minimum absolute atomic E-state index is 0.0555. The van der Waals surface area contributed by atoms with Gasteiger partial charge >= 0.3 is 0 Å². The van der Waals surface area contributed by atoms with E-state index in [1.165, 1.54) is 40.4 Å². The van der Waals surface area contributed by atoms with Gasteiger partial charge in [0.1, 0.15) is 10.1 Å². The lowest BCUT2D eigenvalue weighted by Gasteiger charge is -2.14. The number of carbonyl (C=O) groups excluding carboxylic acids is 2. The standard InChI is InChI=1S/C21H18ClFN2O2S2/c1-2-13-3-5-14(6-4-13)11-18-20(27)25(21(28)29-18)10-9-19(26)24-15-7-8-17(23)16(22)12-15/h3-8,11-12H,2,9-10H2,1H3,(H,24,26). The van der Waals surface area contributed by atoms with E-state index in [2.05, 4.69) is 12.2 Å². The highest BCUT2D eigenvalue weighted by Crippen LogP contribution is 2.32. The Hall–Kier alpha value is -2.22. The van der Waals surface area contributed by atoms with Gasteiger partial charge in [0.2, 0.25) is 5.91 Å². The summed E-state index contributed by atoms with van der Waals surface area (Å²) in [6.07, 6.45) is 2.81. The van der Waals surface area contributed by atoms with Gasteiger partial charge in [-0.2, -0.15) is 0 Å². The van der Waals surface area contributed by atoms with E-state index in [-0.39, 0.29) is 29.8 Å². The van der Waals surface area contributed by atoms with Crippen LogP contribution in [0.1, 0.15) is 24.5 Å². The highest BCUT2D eigenvalue weighted by atomic mass is 35.5. The Balaban J connectivity index is 1.60. The van der Waals surface area contributed by atoms with Crippen molar-refractivity contribution in [2.75, 3.05) is 11.9 Å². The van der Waals surface area contributed by atoms with Crippen LogP contribution in [-0.4, -0.2) is 27.6 Å². The van der Waals surface area contributed by atoms with Crippen LogP contribution in [0.5, 0.6) is 0 Å². The first-order chi connectivity index (χ1) is 13.9. The second-order valence-corrected chi connectivity index (χ2v) is 8.44. The normalized spacial score (nSPS) is 15.3. The molecule has 4 nitrogen and oxygen atoms in total. The van der Waals surface area contributed by atoms with Crippen LogP contribution in [0.2, 0.25) is 5.02 Å². The molecule has 0 radical (unpaired) electrons. The van der Waals surface area contributed by atoms with Crippen molar-refractivity contribution in [3.8, 4) is 0 Å². The molecule has 0 saturated carbocycles. The molecule has 0 bridgehead atoms. The number of thiocarbonyl (C=S) groups is 1. The molecule has 1 fully saturated rings. The maximum Gasteiger partial charge on any atom is 0.266 e. The monoisotopic (exact) mass is 448 g/mol. The zero-order valence-corrected chi connectivity index (χ0v) is 18.0. The first-order valence-corrected chi connectivity index (χ1v) is 10.6. The number of nitrogens with zero attached hydrogens (tertiary/aromatic N) is 1.